The van der Waals surface area contributed by atoms with E-state index in [4.69, 9.17) is 0 Å². The molecule has 1 fully saturated rings. The van der Waals surface area contributed by atoms with Crippen LogP contribution in [0.2, 0.25) is 0 Å². The van der Waals surface area contributed by atoms with Gasteiger partial charge in [0, 0.05) is 0 Å². The number of carboxylic acid groups (broad SMARTS) is 4. The van der Waals surface area contributed by atoms with E-state index in [2.05, 4.69) is 0 Å². The largest absolute Gasteiger partial charge is 0.480 e. The van der Waals surface area contributed by atoms with Crippen molar-refractivity contribution in [2.75, 3.05) is 0 Å². The number of carboxylic acids is 4. The van der Waals surface area contributed by atoms with Crippen molar-refractivity contribution in [2.24, 2.45) is 34.5 Å². The van der Waals surface area contributed by atoms with Crippen LogP contribution in [0.5, 0.6) is 0 Å². The van der Waals surface area contributed by atoms with Crippen LogP contribution in [0.3, 0.4) is 0 Å². The van der Waals surface area contributed by atoms with Crippen LogP contribution >= 0.6 is 0 Å². The third kappa shape index (κ3) is 3.77. The molecule has 0 amide bonds. The van der Waals surface area contributed by atoms with Crippen LogP contribution in [-0.2, 0) is 19.2 Å². The molecule has 8 nitrogen and oxygen atoms in total. The summed E-state index contributed by atoms with van der Waals surface area (Å²) in [6.45, 7) is 6.07. The molecule has 0 spiro atoms. The van der Waals surface area contributed by atoms with Crippen LogP contribution in [0.4, 0.5) is 0 Å². The molecule has 0 aromatic rings. The van der Waals surface area contributed by atoms with Gasteiger partial charge in [0.2, 0.25) is 0 Å². The molecule has 0 aliphatic heterocycles. The molecule has 25 heavy (non-hydrogen) atoms. The van der Waals surface area contributed by atoms with E-state index in [1.165, 1.54) is 0 Å². The van der Waals surface area contributed by atoms with Gasteiger partial charge in [-0.3, -0.25) is 19.2 Å². The van der Waals surface area contributed by atoms with Crippen molar-refractivity contribution in [3.05, 3.63) is 0 Å². The first kappa shape index (κ1) is 20.9. The maximum Gasteiger partial charge on any atom is 0.320 e. The van der Waals surface area contributed by atoms with Gasteiger partial charge in [0.15, 0.2) is 10.8 Å². The second-order valence-corrected chi connectivity index (χ2v) is 7.79. The van der Waals surface area contributed by atoms with Crippen LogP contribution in [0.1, 0.15) is 47.0 Å². The molecule has 1 aliphatic rings. The Balaban J connectivity index is 3.18. The lowest BCUT2D eigenvalue weighted by atomic mass is 9.70. The number of aliphatic carboxylic acids is 4. The van der Waals surface area contributed by atoms with E-state index in [-0.39, 0.29) is 36.5 Å². The highest BCUT2D eigenvalue weighted by molar-refractivity contribution is 5.98. The van der Waals surface area contributed by atoms with Gasteiger partial charge in [-0.2, -0.15) is 0 Å². The first-order valence-corrected chi connectivity index (χ1v) is 8.21. The van der Waals surface area contributed by atoms with E-state index in [1.54, 1.807) is 0 Å². The third-order valence-electron chi connectivity index (χ3n) is 6.06. The molecule has 0 heterocycles. The average molecular weight is 358 g/mol. The molecular weight excluding hydrogens is 332 g/mol. The van der Waals surface area contributed by atoms with Crippen LogP contribution in [-0.4, -0.2) is 44.3 Å². The molecule has 1 rings (SSSR count). The fourth-order valence-electron chi connectivity index (χ4n) is 3.83. The highest BCUT2D eigenvalue weighted by atomic mass is 16.4. The zero-order valence-electron chi connectivity index (χ0n) is 14.9. The van der Waals surface area contributed by atoms with Crippen molar-refractivity contribution in [2.45, 2.75) is 47.0 Å². The lowest BCUT2D eigenvalue weighted by Crippen LogP contribution is -2.42. The predicted molar refractivity (Wildman–Crippen MR) is 85.9 cm³/mol. The highest BCUT2D eigenvalue weighted by Gasteiger charge is 2.52. The van der Waals surface area contributed by atoms with Crippen LogP contribution in [0.15, 0.2) is 0 Å². The van der Waals surface area contributed by atoms with Crippen molar-refractivity contribution < 1.29 is 39.6 Å². The quantitative estimate of drug-likeness (QED) is 0.481. The van der Waals surface area contributed by atoms with E-state index in [0.717, 1.165) is 13.8 Å². The second kappa shape index (κ2) is 7.01. The average Bonchev–Trinajstić information content (AvgIpc) is 2.73. The normalized spacial score (nSPS) is 27.0. The lowest BCUT2D eigenvalue weighted by Gasteiger charge is -2.32. The van der Waals surface area contributed by atoms with Gasteiger partial charge in [0.25, 0.3) is 0 Å². The Kier molecular flexibility index (Phi) is 5.87. The van der Waals surface area contributed by atoms with Crippen molar-refractivity contribution in [1.29, 1.82) is 0 Å². The Bertz CT molecular complexity index is 553. The fourth-order valence-corrected chi connectivity index (χ4v) is 3.83. The summed E-state index contributed by atoms with van der Waals surface area (Å²) >= 11 is 0. The minimum Gasteiger partial charge on any atom is -0.480 e. The molecule has 8 heteroatoms. The minimum absolute atomic E-state index is 0.0325. The number of carbonyl (C=O) groups is 4. The van der Waals surface area contributed by atoms with E-state index in [0.29, 0.717) is 6.42 Å². The number of hydrogen-bond donors (Lipinski definition) is 4. The van der Waals surface area contributed by atoms with E-state index in [1.807, 2.05) is 13.8 Å². The van der Waals surface area contributed by atoms with Gasteiger partial charge in [-0.1, -0.05) is 13.8 Å². The van der Waals surface area contributed by atoms with Crippen molar-refractivity contribution in [1.82, 2.24) is 0 Å². The monoisotopic (exact) mass is 358 g/mol. The number of hydrogen-bond acceptors (Lipinski definition) is 4. The Morgan fingerprint density at radius 3 is 1.52 bits per heavy atom. The Morgan fingerprint density at radius 2 is 1.16 bits per heavy atom. The van der Waals surface area contributed by atoms with E-state index >= 15 is 0 Å². The van der Waals surface area contributed by atoms with Crippen molar-refractivity contribution >= 4 is 23.9 Å². The summed E-state index contributed by atoms with van der Waals surface area (Å²) in [5, 5.41) is 37.3. The Morgan fingerprint density at radius 1 is 0.800 bits per heavy atom. The molecule has 4 atom stereocenters. The summed E-state index contributed by atoms with van der Waals surface area (Å²) < 4.78 is 0. The van der Waals surface area contributed by atoms with Gasteiger partial charge in [-0.25, -0.2) is 0 Å². The topological polar surface area (TPSA) is 149 Å². The smallest absolute Gasteiger partial charge is 0.320 e. The van der Waals surface area contributed by atoms with Crippen LogP contribution in [0, 0.1) is 34.5 Å². The van der Waals surface area contributed by atoms with Gasteiger partial charge in [-0.15, -0.1) is 0 Å². The van der Waals surface area contributed by atoms with Gasteiger partial charge in [0.05, 0.1) is 0 Å². The summed E-state index contributed by atoms with van der Waals surface area (Å²) in [5.41, 5.74) is -3.99. The van der Waals surface area contributed by atoms with Gasteiger partial charge in [-0.05, 0) is 56.8 Å². The third-order valence-corrected chi connectivity index (χ3v) is 6.06. The second-order valence-electron chi connectivity index (χ2n) is 7.79. The molecule has 4 N–H and O–H groups in total. The van der Waals surface area contributed by atoms with Crippen LogP contribution < -0.4 is 0 Å². The molecular formula is C17H26O8. The molecule has 0 aromatic carbocycles. The van der Waals surface area contributed by atoms with Crippen molar-refractivity contribution in [3.63, 3.8) is 0 Å². The SMILES string of the molecule is CC1CC(CC(C)(C(=O)O)C(=O)O)C(CC(C)(C(=O)O)C(=O)O)C1C. The lowest BCUT2D eigenvalue weighted by molar-refractivity contribution is -0.168. The summed E-state index contributed by atoms with van der Waals surface area (Å²) in [5.74, 6) is -6.49. The zero-order valence-corrected chi connectivity index (χ0v) is 14.9. The minimum atomic E-state index is -2.00. The summed E-state index contributed by atoms with van der Waals surface area (Å²) in [4.78, 5) is 45.9. The van der Waals surface area contributed by atoms with E-state index < -0.39 is 34.7 Å². The standard InChI is InChI=1S/C17H26O8/c1-8-5-10(6-16(3,12(18)19)13(20)21)11(9(8)2)7-17(4,14(22)23)15(24)25/h8-11H,5-7H2,1-4H3,(H,18,19)(H,20,21)(H,22,23)(H,24,25). The maximum atomic E-state index is 11.5. The van der Waals surface area contributed by atoms with Crippen molar-refractivity contribution in [3.8, 4) is 0 Å². The molecule has 0 radical (unpaired) electrons. The number of rotatable bonds is 8. The van der Waals surface area contributed by atoms with Gasteiger partial charge in [0.1, 0.15) is 0 Å². The first-order valence-electron chi connectivity index (χ1n) is 8.21. The zero-order chi connectivity index (χ0) is 19.7. The summed E-state index contributed by atoms with van der Waals surface area (Å²) in [7, 11) is 0. The Hall–Kier alpha value is -2.12. The molecule has 1 aliphatic carbocycles. The molecule has 0 saturated heterocycles. The highest BCUT2D eigenvalue weighted by Crippen LogP contribution is 2.50. The van der Waals surface area contributed by atoms with Crippen LogP contribution in [0.25, 0.3) is 0 Å². The van der Waals surface area contributed by atoms with Gasteiger partial charge >= 0.3 is 23.9 Å². The summed E-state index contributed by atoms with van der Waals surface area (Å²) in [6, 6.07) is 0. The predicted octanol–water partition coefficient (Wildman–Crippen LogP) is 2.03. The van der Waals surface area contributed by atoms with Gasteiger partial charge < -0.3 is 20.4 Å². The molecule has 1 saturated carbocycles. The molecule has 0 aromatic heterocycles. The molecule has 4 unspecified atom stereocenters. The fraction of sp³-hybridized carbons (Fsp3) is 0.765. The van der Waals surface area contributed by atoms with E-state index in [9.17, 15) is 39.6 Å². The molecule has 0 bridgehead atoms. The first-order chi connectivity index (χ1) is 11.3. The molecule has 142 valence electrons. The maximum absolute atomic E-state index is 11.5. The summed E-state index contributed by atoms with van der Waals surface area (Å²) in [6.07, 6.45) is 0.215. The Labute approximate surface area is 145 Å².